The second kappa shape index (κ2) is 17.6. The first-order valence-corrected chi connectivity index (χ1v) is 12.6. The largest absolute Gasteiger partial charge is 0.427 e. The minimum Gasteiger partial charge on any atom is -0.427 e. The Hall–Kier alpha value is -2.09. The quantitative estimate of drug-likeness (QED) is 0.136. The summed E-state index contributed by atoms with van der Waals surface area (Å²) in [6.45, 7) is 0. The van der Waals surface area contributed by atoms with E-state index in [1.54, 1.807) is 0 Å². The first-order valence-electron chi connectivity index (χ1n) is 12.6. The number of esters is 1. The topological polar surface area (TPSA) is 26.3 Å². The van der Waals surface area contributed by atoms with Gasteiger partial charge in [0.05, 0.1) is 0 Å². The Morgan fingerprint density at radius 3 is 1.45 bits per heavy atom. The van der Waals surface area contributed by atoms with Crippen LogP contribution >= 0.6 is 0 Å². The fourth-order valence-corrected chi connectivity index (χ4v) is 4.04. The molecule has 0 amide bonds. The van der Waals surface area contributed by atoms with Gasteiger partial charge >= 0.3 is 5.97 Å². The van der Waals surface area contributed by atoms with Crippen LogP contribution in [-0.4, -0.2) is 5.97 Å². The van der Waals surface area contributed by atoms with Crippen molar-refractivity contribution in [2.45, 2.75) is 103 Å². The highest BCUT2D eigenvalue weighted by molar-refractivity contribution is 5.72. The van der Waals surface area contributed by atoms with Gasteiger partial charge in [-0.2, -0.15) is 0 Å². The summed E-state index contributed by atoms with van der Waals surface area (Å²) >= 11 is 0. The number of unbranched alkanes of at least 4 members (excludes halogenated alkanes) is 13. The summed E-state index contributed by atoms with van der Waals surface area (Å²) in [6, 6.07) is 20.2. The molecule has 2 rings (SSSR count). The number of rotatable bonds is 18. The Morgan fingerprint density at radius 2 is 0.935 bits per heavy atom. The number of aryl methyl sites for hydroxylation is 1. The van der Waals surface area contributed by atoms with E-state index >= 15 is 0 Å². The first kappa shape index (κ1) is 25.2. The van der Waals surface area contributed by atoms with Crippen LogP contribution in [0.4, 0.5) is 0 Å². The Balaban J connectivity index is 1.26. The van der Waals surface area contributed by atoms with Crippen LogP contribution in [-0.2, 0) is 11.2 Å². The maximum absolute atomic E-state index is 11.8. The van der Waals surface area contributed by atoms with Gasteiger partial charge in [0.25, 0.3) is 0 Å². The van der Waals surface area contributed by atoms with Crippen molar-refractivity contribution in [3.63, 3.8) is 0 Å². The molecule has 170 valence electrons. The molecular weight excluding hydrogens is 380 g/mol. The van der Waals surface area contributed by atoms with E-state index in [1.165, 1.54) is 89.0 Å². The van der Waals surface area contributed by atoms with Crippen LogP contribution in [0.15, 0.2) is 60.7 Å². The fourth-order valence-electron chi connectivity index (χ4n) is 4.04. The molecule has 0 aliphatic carbocycles. The molecule has 0 aliphatic heterocycles. The molecule has 0 spiro atoms. The molecule has 0 unspecified atom stereocenters. The highest BCUT2D eigenvalue weighted by Crippen LogP contribution is 2.15. The average molecular weight is 423 g/mol. The van der Waals surface area contributed by atoms with Crippen LogP contribution in [0, 0.1) is 0 Å². The van der Waals surface area contributed by atoms with Crippen molar-refractivity contribution in [3.05, 3.63) is 66.2 Å². The standard InChI is InChI=1S/C29H42O2/c30-29(31-28-24-18-14-19-25-28)26-20-12-10-8-6-4-2-1-3-5-7-9-11-15-21-27-22-16-13-17-23-27/h13-14,16-19,22-25H,1-12,15,20-21,26H2. The van der Waals surface area contributed by atoms with Crippen LogP contribution in [0.5, 0.6) is 5.75 Å². The molecular formula is C29H42O2. The second-order valence-electron chi connectivity index (χ2n) is 8.72. The Bertz CT molecular complexity index is 666. The van der Waals surface area contributed by atoms with Crippen molar-refractivity contribution in [1.82, 2.24) is 0 Å². The molecule has 0 aliphatic rings. The maximum Gasteiger partial charge on any atom is 0.311 e. The molecule has 31 heavy (non-hydrogen) atoms. The minimum absolute atomic E-state index is 0.109. The van der Waals surface area contributed by atoms with Crippen molar-refractivity contribution >= 4 is 5.97 Å². The summed E-state index contributed by atoms with van der Waals surface area (Å²) in [4.78, 5) is 11.8. The molecule has 0 bridgehead atoms. The summed E-state index contributed by atoms with van der Waals surface area (Å²) in [6.07, 6.45) is 20.2. The van der Waals surface area contributed by atoms with Gasteiger partial charge in [0.2, 0.25) is 0 Å². The summed E-state index contributed by atoms with van der Waals surface area (Å²) in [5, 5.41) is 0. The van der Waals surface area contributed by atoms with Crippen LogP contribution < -0.4 is 4.74 Å². The fraction of sp³-hybridized carbons (Fsp3) is 0.552. The van der Waals surface area contributed by atoms with E-state index in [4.69, 9.17) is 4.74 Å². The van der Waals surface area contributed by atoms with Gasteiger partial charge < -0.3 is 4.74 Å². The van der Waals surface area contributed by atoms with E-state index < -0.39 is 0 Å². The highest BCUT2D eigenvalue weighted by atomic mass is 16.5. The lowest BCUT2D eigenvalue weighted by molar-refractivity contribution is -0.134. The third kappa shape index (κ3) is 13.8. The van der Waals surface area contributed by atoms with E-state index in [2.05, 4.69) is 30.3 Å². The second-order valence-corrected chi connectivity index (χ2v) is 8.72. The predicted molar refractivity (Wildman–Crippen MR) is 131 cm³/mol. The zero-order valence-corrected chi connectivity index (χ0v) is 19.4. The van der Waals surface area contributed by atoms with E-state index in [-0.39, 0.29) is 5.97 Å². The van der Waals surface area contributed by atoms with E-state index in [0.29, 0.717) is 12.2 Å². The molecule has 2 heteroatoms. The van der Waals surface area contributed by atoms with Gasteiger partial charge in [-0.1, -0.05) is 126 Å². The summed E-state index contributed by atoms with van der Waals surface area (Å²) in [5.41, 5.74) is 1.48. The van der Waals surface area contributed by atoms with Gasteiger partial charge in [0.1, 0.15) is 5.75 Å². The van der Waals surface area contributed by atoms with Crippen LogP contribution in [0.3, 0.4) is 0 Å². The van der Waals surface area contributed by atoms with Crippen molar-refractivity contribution < 1.29 is 9.53 Å². The first-order chi connectivity index (χ1) is 15.3. The molecule has 0 aromatic heterocycles. The molecule has 0 radical (unpaired) electrons. The SMILES string of the molecule is O=C(CCCCCCCCCCCCCCCCc1ccccc1)Oc1ccccc1. The number of carbonyl (C=O) groups excluding carboxylic acids is 1. The van der Waals surface area contributed by atoms with Crippen molar-refractivity contribution in [2.24, 2.45) is 0 Å². The van der Waals surface area contributed by atoms with Gasteiger partial charge in [-0.3, -0.25) is 4.79 Å². The average Bonchev–Trinajstić information content (AvgIpc) is 2.80. The number of hydrogen-bond donors (Lipinski definition) is 0. The molecule has 0 saturated carbocycles. The van der Waals surface area contributed by atoms with Crippen LogP contribution in [0.1, 0.15) is 102 Å². The summed E-state index contributed by atoms with van der Waals surface area (Å²) in [5.74, 6) is 0.540. The van der Waals surface area contributed by atoms with Crippen LogP contribution in [0.25, 0.3) is 0 Å². The third-order valence-corrected chi connectivity index (χ3v) is 5.91. The monoisotopic (exact) mass is 422 g/mol. The van der Waals surface area contributed by atoms with Gasteiger partial charge in [-0.05, 0) is 37.0 Å². The van der Waals surface area contributed by atoms with Crippen molar-refractivity contribution in [1.29, 1.82) is 0 Å². The number of hydrogen-bond acceptors (Lipinski definition) is 2. The molecule has 0 fully saturated rings. The molecule has 2 aromatic rings. The number of ether oxygens (including phenoxy) is 1. The van der Waals surface area contributed by atoms with E-state index in [9.17, 15) is 4.79 Å². The Morgan fingerprint density at radius 1 is 0.516 bits per heavy atom. The molecule has 0 N–H and O–H groups in total. The zero-order chi connectivity index (χ0) is 21.8. The predicted octanol–water partition coefficient (Wildman–Crippen LogP) is 8.69. The molecule has 0 saturated heterocycles. The Labute approximate surface area is 190 Å². The normalized spacial score (nSPS) is 10.8. The third-order valence-electron chi connectivity index (χ3n) is 5.91. The Kier molecular flexibility index (Phi) is 14.3. The molecule has 2 aromatic carbocycles. The van der Waals surface area contributed by atoms with E-state index in [0.717, 1.165) is 12.8 Å². The zero-order valence-electron chi connectivity index (χ0n) is 19.4. The van der Waals surface area contributed by atoms with Crippen molar-refractivity contribution in [3.8, 4) is 5.75 Å². The molecule has 0 atom stereocenters. The highest BCUT2D eigenvalue weighted by Gasteiger charge is 2.04. The number of para-hydroxylation sites is 1. The lowest BCUT2D eigenvalue weighted by atomic mass is 10.0. The smallest absolute Gasteiger partial charge is 0.311 e. The summed E-state index contributed by atoms with van der Waals surface area (Å²) in [7, 11) is 0. The van der Waals surface area contributed by atoms with Gasteiger partial charge in [0.15, 0.2) is 0 Å². The van der Waals surface area contributed by atoms with E-state index in [1.807, 2.05) is 30.3 Å². The van der Waals surface area contributed by atoms with Crippen molar-refractivity contribution in [2.75, 3.05) is 0 Å². The van der Waals surface area contributed by atoms with Gasteiger partial charge in [0, 0.05) is 6.42 Å². The summed E-state index contributed by atoms with van der Waals surface area (Å²) < 4.78 is 5.31. The lowest BCUT2D eigenvalue weighted by Crippen LogP contribution is -2.07. The minimum atomic E-state index is -0.109. The molecule has 2 nitrogen and oxygen atoms in total. The lowest BCUT2D eigenvalue weighted by Gasteiger charge is -2.05. The number of benzene rings is 2. The maximum atomic E-state index is 11.8. The number of carbonyl (C=O) groups is 1. The molecule has 0 heterocycles. The van der Waals surface area contributed by atoms with Gasteiger partial charge in [-0.15, -0.1) is 0 Å². The van der Waals surface area contributed by atoms with Crippen LogP contribution in [0.2, 0.25) is 0 Å². The van der Waals surface area contributed by atoms with Gasteiger partial charge in [-0.25, -0.2) is 0 Å².